The highest BCUT2D eigenvalue weighted by atomic mass is 19.1. The smallest absolute Gasteiger partial charge is 0.202 e. The summed E-state index contributed by atoms with van der Waals surface area (Å²) in [5.41, 5.74) is 1.57. The molecule has 0 atom stereocenters. The number of Topliss-reactive ketones (excluding diaryl/α,β-unsaturated/α-hetero) is 1. The Morgan fingerprint density at radius 2 is 1.86 bits per heavy atom. The van der Waals surface area contributed by atoms with Crippen LogP contribution in [0, 0.1) is 5.82 Å². The lowest BCUT2D eigenvalue weighted by molar-refractivity contribution is 0.0920. The molecule has 0 unspecified atom stereocenters. The summed E-state index contributed by atoms with van der Waals surface area (Å²) in [6.45, 7) is -0.186. The zero-order valence-electron chi connectivity index (χ0n) is 11.5. The predicted molar refractivity (Wildman–Crippen MR) is 79.1 cm³/mol. The van der Waals surface area contributed by atoms with Gasteiger partial charge in [0.2, 0.25) is 5.78 Å². The quantitative estimate of drug-likeness (QED) is 0.685. The van der Waals surface area contributed by atoms with E-state index in [0.717, 1.165) is 10.9 Å². The maximum absolute atomic E-state index is 13.5. The molecule has 0 bridgehead atoms. The minimum Gasteiger partial charge on any atom is -0.482 e. The van der Waals surface area contributed by atoms with E-state index in [2.05, 4.69) is 0 Å². The minimum atomic E-state index is -0.469. The van der Waals surface area contributed by atoms with Crippen LogP contribution in [-0.4, -0.2) is 17.0 Å². The lowest BCUT2D eigenvalue weighted by Crippen LogP contribution is -2.11. The van der Waals surface area contributed by atoms with E-state index < -0.39 is 5.82 Å². The Morgan fingerprint density at radius 1 is 1.14 bits per heavy atom. The van der Waals surface area contributed by atoms with E-state index in [4.69, 9.17) is 4.74 Å². The Kier molecular flexibility index (Phi) is 3.44. The van der Waals surface area contributed by atoms with Crippen LogP contribution in [-0.2, 0) is 7.05 Å². The van der Waals surface area contributed by atoms with E-state index >= 15 is 0 Å². The Bertz CT molecular complexity index is 807. The predicted octanol–water partition coefficient (Wildman–Crippen LogP) is 3.58. The van der Waals surface area contributed by atoms with Gasteiger partial charge in [-0.2, -0.15) is 0 Å². The molecule has 0 aliphatic carbocycles. The Morgan fingerprint density at radius 3 is 2.67 bits per heavy atom. The summed E-state index contributed by atoms with van der Waals surface area (Å²) >= 11 is 0. The van der Waals surface area contributed by atoms with Crippen molar-refractivity contribution in [2.24, 2.45) is 7.05 Å². The first-order valence-electron chi connectivity index (χ1n) is 6.61. The molecule has 3 nitrogen and oxygen atoms in total. The van der Waals surface area contributed by atoms with Gasteiger partial charge in [0.25, 0.3) is 0 Å². The molecule has 0 aliphatic rings. The first-order valence-corrected chi connectivity index (χ1v) is 6.61. The number of hydrogen-bond donors (Lipinski definition) is 0. The standard InChI is InChI=1S/C17H14FNO2/c1-19-10-13(12-6-2-4-8-15(12)19)16(20)11-21-17-9-5-3-7-14(17)18/h2-10H,11H2,1H3. The number of hydrogen-bond acceptors (Lipinski definition) is 2. The highest BCUT2D eigenvalue weighted by Crippen LogP contribution is 2.21. The summed E-state index contributed by atoms with van der Waals surface area (Å²) in [5.74, 6) is -0.552. The molecule has 0 aliphatic heterocycles. The van der Waals surface area contributed by atoms with Crippen molar-refractivity contribution in [2.45, 2.75) is 0 Å². The third-order valence-electron chi connectivity index (χ3n) is 3.39. The molecule has 2 aromatic carbocycles. The largest absolute Gasteiger partial charge is 0.482 e. The number of ether oxygens (including phenoxy) is 1. The highest BCUT2D eigenvalue weighted by molar-refractivity contribution is 6.08. The molecule has 0 spiro atoms. The van der Waals surface area contributed by atoms with Crippen LogP contribution in [0.3, 0.4) is 0 Å². The molecule has 0 radical (unpaired) electrons. The normalized spacial score (nSPS) is 10.8. The van der Waals surface area contributed by atoms with Gasteiger partial charge in [-0.1, -0.05) is 30.3 Å². The van der Waals surface area contributed by atoms with Gasteiger partial charge in [0.1, 0.15) is 0 Å². The fraction of sp³-hybridized carbons (Fsp3) is 0.118. The monoisotopic (exact) mass is 283 g/mol. The summed E-state index contributed by atoms with van der Waals surface area (Å²) in [6.07, 6.45) is 1.78. The third-order valence-corrected chi connectivity index (χ3v) is 3.39. The van der Waals surface area contributed by atoms with Crippen molar-refractivity contribution in [2.75, 3.05) is 6.61 Å². The van der Waals surface area contributed by atoms with Crippen LogP contribution in [0.15, 0.2) is 54.7 Å². The maximum atomic E-state index is 13.5. The van der Waals surface area contributed by atoms with Crippen molar-refractivity contribution in [1.29, 1.82) is 0 Å². The van der Waals surface area contributed by atoms with Crippen molar-refractivity contribution in [1.82, 2.24) is 4.57 Å². The molecule has 1 heterocycles. The Labute approximate surface area is 121 Å². The molecular formula is C17H14FNO2. The van der Waals surface area contributed by atoms with Gasteiger partial charge in [-0.3, -0.25) is 4.79 Å². The average molecular weight is 283 g/mol. The zero-order valence-corrected chi connectivity index (χ0v) is 11.5. The SMILES string of the molecule is Cn1cc(C(=O)COc2ccccc2F)c2ccccc21. The van der Waals surface area contributed by atoms with E-state index in [1.54, 1.807) is 18.3 Å². The topological polar surface area (TPSA) is 31.2 Å². The van der Waals surface area contributed by atoms with Gasteiger partial charge in [0.15, 0.2) is 18.2 Å². The third kappa shape index (κ3) is 2.52. The number of nitrogens with zero attached hydrogens (tertiary/aromatic N) is 1. The van der Waals surface area contributed by atoms with Crippen LogP contribution in [0.4, 0.5) is 4.39 Å². The zero-order chi connectivity index (χ0) is 14.8. The summed E-state index contributed by atoms with van der Waals surface area (Å²) in [6, 6.07) is 13.7. The van der Waals surface area contributed by atoms with Gasteiger partial charge >= 0.3 is 0 Å². The lowest BCUT2D eigenvalue weighted by atomic mass is 10.1. The summed E-state index contributed by atoms with van der Waals surface area (Å²) in [7, 11) is 1.89. The second-order valence-corrected chi connectivity index (χ2v) is 4.81. The van der Waals surface area contributed by atoms with E-state index in [1.165, 1.54) is 12.1 Å². The van der Waals surface area contributed by atoms with Crippen LogP contribution in [0.25, 0.3) is 10.9 Å². The van der Waals surface area contributed by atoms with Gasteiger partial charge in [-0.15, -0.1) is 0 Å². The molecule has 3 aromatic rings. The number of ketones is 1. The van der Waals surface area contributed by atoms with Crippen molar-refractivity contribution in [3.63, 3.8) is 0 Å². The number of benzene rings is 2. The molecule has 1 aromatic heterocycles. The Hall–Kier alpha value is -2.62. The van der Waals surface area contributed by atoms with Crippen molar-refractivity contribution >= 4 is 16.7 Å². The molecule has 106 valence electrons. The number of aromatic nitrogens is 1. The number of carbonyl (C=O) groups excluding carboxylic acids is 1. The van der Waals surface area contributed by atoms with Crippen molar-refractivity contribution in [3.05, 3.63) is 66.1 Å². The highest BCUT2D eigenvalue weighted by Gasteiger charge is 2.14. The van der Waals surface area contributed by atoms with Crippen LogP contribution in [0.2, 0.25) is 0 Å². The molecule has 0 saturated carbocycles. The number of fused-ring (bicyclic) bond motifs is 1. The van der Waals surface area contributed by atoms with E-state index in [-0.39, 0.29) is 18.1 Å². The Balaban J connectivity index is 1.83. The number of carbonyl (C=O) groups is 1. The van der Waals surface area contributed by atoms with Gasteiger partial charge in [-0.25, -0.2) is 4.39 Å². The fourth-order valence-corrected chi connectivity index (χ4v) is 2.35. The number of rotatable bonds is 4. The minimum absolute atomic E-state index is 0.0890. The van der Waals surface area contributed by atoms with Gasteiger partial charge < -0.3 is 9.30 Å². The fourth-order valence-electron chi connectivity index (χ4n) is 2.35. The summed E-state index contributed by atoms with van der Waals surface area (Å²) < 4.78 is 20.6. The molecule has 4 heteroatoms. The molecule has 0 amide bonds. The van der Waals surface area contributed by atoms with E-state index in [9.17, 15) is 9.18 Å². The average Bonchev–Trinajstić information content (AvgIpc) is 2.84. The van der Waals surface area contributed by atoms with Gasteiger partial charge in [0.05, 0.1) is 0 Å². The lowest BCUT2D eigenvalue weighted by Gasteiger charge is -2.05. The molecule has 3 rings (SSSR count). The summed E-state index contributed by atoms with van der Waals surface area (Å²) in [5, 5.41) is 0.877. The van der Waals surface area contributed by atoms with E-state index in [0.29, 0.717) is 5.56 Å². The van der Waals surface area contributed by atoms with Crippen LogP contribution in [0.5, 0.6) is 5.75 Å². The van der Waals surface area contributed by atoms with Crippen molar-refractivity contribution in [3.8, 4) is 5.75 Å². The van der Waals surface area contributed by atoms with Crippen LogP contribution < -0.4 is 4.74 Å². The van der Waals surface area contributed by atoms with Crippen molar-refractivity contribution < 1.29 is 13.9 Å². The van der Waals surface area contributed by atoms with Gasteiger partial charge in [0, 0.05) is 29.7 Å². The summed E-state index contributed by atoms with van der Waals surface area (Å²) in [4.78, 5) is 12.3. The van der Waals surface area contributed by atoms with Gasteiger partial charge in [-0.05, 0) is 18.2 Å². The second kappa shape index (κ2) is 5.40. The first kappa shape index (κ1) is 13.4. The molecular weight excluding hydrogens is 269 g/mol. The number of aryl methyl sites for hydroxylation is 1. The molecule has 0 N–H and O–H groups in total. The van der Waals surface area contributed by atoms with E-state index in [1.807, 2.05) is 35.9 Å². The molecule has 21 heavy (non-hydrogen) atoms. The number of halogens is 1. The van der Waals surface area contributed by atoms with Crippen LogP contribution in [0.1, 0.15) is 10.4 Å². The maximum Gasteiger partial charge on any atom is 0.202 e. The van der Waals surface area contributed by atoms with Crippen LogP contribution >= 0.6 is 0 Å². The first-order chi connectivity index (χ1) is 10.2. The molecule has 0 fully saturated rings. The number of para-hydroxylation sites is 2. The molecule has 0 saturated heterocycles. The second-order valence-electron chi connectivity index (χ2n) is 4.81.